The first-order valence-corrected chi connectivity index (χ1v) is 11.7. The molecule has 5 rings (SSSR count). The molecule has 1 aliphatic rings. The predicted octanol–water partition coefficient (Wildman–Crippen LogP) is 5.92. The minimum Gasteiger partial charge on any atom is -0.497 e. The molecule has 0 saturated carbocycles. The van der Waals surface area contributed by atoms with Gasteiger partial charge in [-0.1, -0.05) is 35.6 Å². The quantitative estimate of drug-likeness (QED) is 0.342. The van der Waals surface area contributed by atoms with Gasteiger partial charge in [0.15, 0.2) is 5.13 Å². The van der Waals surface area contributed by atoms with Gasteiger partial charge < -0.3 is 14.2 Å². The third-order valence-electron chi connectivity index (χ3n) is 5.53. The summed E-state index contributed by atoms with van der Waals surface area (Å²) < 4.78 is 18.1. The van der Waals surface area contributed by atoms with Crippen molar-refractivity contribution < 1.29 is 19.0 Å². The van der Waals surface area contributed by atoms with Crippen molar-refractivity contribution in [1.29, 1.82) is 0 Å². The van der Waals surface area contributed by atoms with E-state index in [9.17, 15) is 4.79 Å². The minimum absolute atomic E-state index is 0.000695. The number of hydrogen-bond donors (Lipinski definition) is 0. The highest BCUT2D eigenvalue weighted by atomic mass is 32.1. The summed E-state index contributed by atoms with van der Waals surface area (Å²) in [6.07, 6.45) is 1.93. The second kappa shape index (κ2) is 9.60. The molecule has 0 radical (unpaired) electrons. The van der Waals surface area contributed by atoms with E-state index >= 15 is 0 Å². The van der Waals surface area contributed by atoms with Crippen LogP contribution >= 0.6 is 11.3 Å². The lowest BCUT2D eigenvalue weighted by molar-refractivity contribution is 0.0917. The Balaban J connectivity index is 1.46. The van der Waals surface area contributed by atoms with Crippen LogP contribution < -0.4 is 14.4 Å². The van der Waals surface area contributed by atoms with Gasteiger partial charge in [-0.2, -0.15) is 0 Å². The minimum atomic E-state index is -0.130. The number of benzene rings is 3. The van der Waals surface area contributed by atoms with Gasteiger partial charge in [-0.25, -0.2) is 4.98 Å². The number of rotatable bonds is 7. The number of amides is 1. The summed E-state index contributed by atoms with van der Waals surface area (Å²) in [6.45, 7) is 1.18. The summed E-state index contributed by atoms with van der Waals surface area (Å²) in [6, 6.07) is 22.5. The van der Waals surface area contributed by atoms with Crippen molar-refractivity contribution in [3.8, 4) is 17.2 Å². The average molecular weight is 461 g/mol. The summed E-state index contributed by atoms with van der Waals surface area (Å²) in [5.74, 6) is 1.96. The number of anilines is 1. The zero-order chi connectivity index (χ0) is 22.6. The van der Waals surface area contributed by atoms with Crippen LogP contribution in [-0.2, 0) is 4.74 Å². The van der Waals surface area contributed by atoms with Crippen LogP contribution in [0.15, 0.2) is 72.8 Å². The molecule has 0 spiro atoms. The first-order valence-electron chi connectivity index (χ1n) is 10.9. The number of carbonyl (C=O) groups excluding carboxylic acids is 1. The molecule has 0 bridgehead atoms. The van der Waals surface area contributed by atoms with Crippen LogP contribution in [0.5, 0.6) is 17.2 Å². The van der Waals surface area contributed by atoms with E-state index in [1.54, 1.807) is 24.1 Å². The van der Waals surface area contributed by atoms with Crippen LogP contribution in [0.1, 0.15) is 23.2 Å². The zero-order valence-corrected chi connectivity index (χ0v) is 19.1. The maximum atomic E-state index is 13.7. The van der Waals surface area contributed by atoms with Crippen LogP contribution in [0.4, 0.5) is 5.13 Å². The summed E-state index contributed by atoms with van der Waals surface area (Å²) in [5, 5.41) is 0.646. The monoisotopic (exact) mass is 460 g/mol. The third kappa shape index (κ3) is 4.84. The highest BCUT2D eigenvalue weighted by Crippen LogP contribution is 2.33. The van der Waals surface area contributed by atoms with Crippen LogP contribution in [-0.4, -0.2) is 37.3 Å². The maximum absolute atomic E-state index is 13.7. The number of methoxy groups -OCH3 is 1. The molecule has 4 aromatic rings. The molecule has 1 unspecified atom stereocenters. The number of aromatic nitrogens is 1. The normalized spacial score (nSPS) is 15.5. The predicted molar refractivity (Wildman–Crippen MR) is 130 cm³/mol. The van der Waals surface area contributed by atoms with Crippen molar-refractivity contribution in [2.24, 2.45) is 0 Å². The molecular formula is C26H24N2O4S. The van der Waals surface area contributed by atoms with E-state index in [2.05, 4.69) is 0 Å². The van der Waals surface area contributed by atoms with Crippen molar-refractivity contribution in [2.75, 3.05) is 25.2 Å². The van der Waals surface area contributed by atoms with Gasteiger partial charge in [0.05, 0.1) is 30.0 Å². The first-order chi connectivity index (χ1) is 16.2. The Morgan fingerprint density at radius 2 is 1.91 bits per heavy atom. The fourth-order valence-electron chi connectivity index (χ4n) is 3.85. The second-order valence-corrected chi connectivity index (χ2v) is 8.83. The number of carbonyl (C=O) groups is 1. The molecule has 33 heavy (non-hydrogen) atoms. The Kier molecular flexibility index (Phi) is 6.24. The Bertz CT molecular complexity index is 1250. The van der Waals surface area contributed by atoms with E-state index in [1.807, 2.05) is 60.7 Å². The fraction of sp³-hybridized carbons (Fsp3) is 0.231. The molecule has 1 aromatic heterocycles. The van der Waals surface area contributed by atoms with E-state index in [4.69, 9.17) is 19.2 Å². The Morgan fingerprint density at radius 3 is 2.70 bits per heavy atom. The lowest BCUT2D eigenvalue weighted by Gasteiger charge is -2.23. The van der Waals surface area contributed by atoms with Crippen molar-refractivity contribution in [3.63, 3.8) is 0 Å². The van der Waals surface area contributed by atoms with Gasteiger partial charge in [-0.3, -0.25) is 9.69 Å². The van der Waals surface area contributed by atoms with Crippen LogP contribution in [0.3, 0.4) is 0 Å². The second-order valence-electron chi connectivity index (χ2n) is 7.82. The third-order valence-corrected chi connectivity index (χ3v) is 6.57. The van der Waals surface area contributed by atoms with E-state index in [0.717, 1.165) is 41.2 Å². The van der Waals surface area contributed by atoms with E-state index in [1.165, 1.54) is 11.3 Å². The largest absolute Gasteiger partial charge is 0.497 e. The van der Waals surface area contributed by atoms with Gasteiger partial charge in [0.25, 0.3) is 5.91 Å². The van der Waals surface area contributed by atoms with E-state index in [-0.39, 0.29) is 12.0 Å². The SMILES string of the molecule is COc1ccc2nc(N(CC3CCCO3)C(=O)c3cccc(Oc4ccccc4)c3)sc2c1. The smallest absolute Gasteiger partial charge is 0.260 e. The fourth-order valence-corrected chi connectivity index (χ4v) is 4.85. The van der Waals surface area contributed by atoms with Gasteiger partial charge >= 0.3 is 0 Å². The number of fused-ring (bicyclic) bond motifs is 1. The van der Waals surface area contributed by atoms with Crippen molar-refractivity contribution >= 4 is 32.6 Å². The summed E-state index contributed by atoms with van der Waals surface area (Å²) in [4.78, 5) is 20.2. The molecule has 168 valence electrons. The number of nitrogens with zero attached hydrogens (tertiary/aromatic N) is 2. The van der Waals surface area contributed by atoms with Crippen LogP contribution in [0.2, 0.25) is 0 Å². The Hall–Kier alpha value is -3.42. The van der Waals surface area contributed by atoms with Crippen molar-refractivity contribution in [3.05, 3.63) is 78.4 Å². The standard InChI is InChI=1S/C26H24N2O4S/c1-30-20-12-13-23-24(16-20)33-26(27-23)28(17-22-11-6-14-31-22)25(29)18-7-5-10-21(15-18)32-19-8-3-2-4-9-19/h2-5,7-10,12-13,15-16,22H,6,11,14,17H2,1H3. The summed E-state index contributed by atoms with van der Waals surface area (Å²) in [5.41, 5.74) is 1.38. The lowest BCUT2D eigenvalue weighted by atomic mass is 10.1. The molecular weight excluding hydrogens is 436 g/mol. The highest BCUT2D eigenvalue weighted by Gasteiger charge is 2.27. The van der Waals surface area contributed by atoms with E-state index < -0.39 is 0 Å². The van der Waals surface area contributed by atoms with Gasteiger partial charge in [0.2, 0.25) is 0 Å². The number of hydrogen-bond acceptors (Lipinski definition) is 6. The highest BCUT2D eigenvalue weighted by molar-refractivity contribution is 7.22. The molecule has 1 amide bonds. The molecule has 3 aromatic carbocycles. The molecule has 2 heterocycles. The van der Waals surface area contributed by atoms with E-state index in [0.29, 0.717) is 23.0 Å². The van der Waals surface area contributed by atoms with Crippen molar-refractivity contribution in [1.82, 2.24) is 4.98 Å². The Morgan fingerprint density at radius 1 is 1.06 bits per heavy atom. The van der Waals surface area contributed by atoms with Gasteiger partial charge in [0, 0.05) is 12.2 Å². The molecule has 1 atom stereocenters. The topological polar surface area (TPSA) is 60.9 Å². The molecule has 0 aliphatic carbocycles. The van der Waals surface area contributed by atoms with Crippen LogP contribution in [0.25, 0.3) is 10.2 Å². The number of para-hydroxylation sites is 1. The molecule has 6 nitrogen and oxygen atoms in total. The Labute approximate surface area is 196 Å². The lowest BCUT2D eigenvalue weighted by Crippen LogP contribution is -2.37. The number of ether oxygens (including phenoxy) is 3. The molecule has 1 fully saturated rings. The van der Waals surface area contributed by atoms with Crippen LogP contribution in [0, 0.1) is 0 Å². The van der Waals surface area contributed by atoms with Gasteiger partial charge in [-0.05, 0) is 61.4 Å². The first kappa shape index (κ1) is 21.4. The summed E-state index contributed by atoms with van der Waals surface area (Å²) in [7, 11) is 1.64. The molecule has 0 N–H and O–H groups in total. The van der Waals surface area contributed by atoms with Crippen molar-refractivity contribution in [2.45, 2.75) is 18.9 Å². The molecule has 1 aliphatic heterocycles. The summed E-state index contributed by atoms with van der Waals surface area (Å²) >= 11 is 1.48. The molecule has 1 saturated heterocycles. The van der Waals surface area contributed by atoms with Gasteiger partial charge in [-0.15, -0.1) is 0 Å². The maximum Gasteiger partial charge on any atom is 0.260 e. The molecule has 7 heteroatoms. The zero-order valence-electron chi connectivity index (χ0n) is 18.3. The van der Waals surface area contributed by atoms with Gasteiger partial charge in [0.1, 0.15) is 17.2 Å². The average Bonchev–Trinajstić information content (AvgIpc) is 3.52. The number of thiazole rings is 1.